The predicted octanol–water partition coefficient (Wildman–Crippen LogP) is 6.17. The second-order valence-corrected chi connectivity index (χ2v) is 19.3. The normalized spacial score (nSPS) is 22.0. The largest absolute Gasteiger partial charge is 0.442 e. The van der Waals surface area contributed by atoms with Crippen LogP contribution in [0.5, 0.6) is 0 Å². The summed E-state index contributed by atoms with van der Waals surface area (Å²) in [7, 11) is 0. The Morgan fingerprint density at radius 1 is 0.583 bits per heavy atom. The lowest BCUT2D eigenvalue weighted by atomic mass is 10.1. The van der Waals surface area contributed by atoms with Crippen LogP contribution in [-0.4, -0.2) is 169 Å². The number of rotatable bonds is 31. The van der Waals surface area contributed by atoms with Crippen molar-refractivity contribution in [1.29, 1.82) is 0 Å². The number of urea groups is 2. The molecule has 16 heteroatoms. The average Bonchev–Trinajstić information content (AvgIpc) is 4.11. The van der Waals surface area contributed by atoms with Crippen molar-refractivity contribution >= 4 is 30.7 Å². The van der Waals surface area contributed by atoms with E-state index in [9.17, 15) is 24.0 Å². The van der Waals surface area contributed by atoms with E-state index >= 15 is 0 Å². The number of imide groups is 2. The van der Waals surface area contributed by atoms with Crippen molar-refractivity contribution < 1.29 is 38.2 Å². The Kier molecular flexibility index (Phi) is 21.3. The summed E-state index contributed by atoms with van der Waals surface area (Å²) in [6.07, 6.45) is 9.13. The number of carbonyl (C=O) groups excluding carboxylic acids is 5. The fraction of sp³-hybridized carbons (Fsp3) is 0.886. The number of amides is 7. The predicted molar refractivity (Wildman–Crippen MR) is 234 cm³/mol. The summed E-state index contributed by atoms with van der Waals surface area (Å²) in [5.41, 5.74) is -1.31. The van der Waals surface area contributed by atoms with Gasteiger partial charge in [-0.15, -0.1) is 0 Å². The lowest BCUT2D eigenvalue weighted by molar-refractivity contribution is -0.108. The van der Waals surface area contributed by atoms with E-state index in [1.54, 1.807) is 4.90 Å². The zero-order chi connectivity index (χ0) is 44.3. The molecule has 0 aromatic heterocycles. The number of unbranched alkanes of at least 4 members (excludes halogenated alkanes) is 9. The third-order valence-corrected chi connectivity index (χ3v) is 11.4. The van der Waals surface area contributed by atoms with Crippen molar-refractivity contribution in [2.24, 2.45) is 0 Å². The van der Waals surface area contributed by atoms with Gasteiger partial charge in [0, 0.05) is 96.7 Å². The Bertz CT molecular complexity index is 1350. The van der Waals surface area contributed by atoms with Crippen LogP contribution in [0.2, 0.25) is 0 Å². The molecule has 3 N–H and O–H groups in total. The van der Waals surface area contributed by atoms with E-state index in [1.807, 2.05) is 27.7 Å². The molecule has 3 aliphatic rings. The van der Waals surface area contributed by atoms with E-state index < -0.39 is 35.5 Å². The van der Waals surface area contributed by atoms with Gasteiger partial charge in [-0.2, -0.15) is 0 Å². The standard InChI is InChI=1S/C44H82N8O8/c1-35-28-49(35)31-42(4,5)58-27-21-15-14-19-25-48(24-18-12-10-16-22-45-39(55)59-43(6,7)32-50-29-36(50)2)41(57)52(38(54)47-34-53)26-20-13-11-17-23-46-40(56)60-44(8,9)33-51-30-37(51)3/h34-37H,10-33H2,1-9H3,(H,45,55)(H,46,56)(H,47,53,54). The Morgan fingerprint density at radius 3 is 1.38 bits per heavy atom. The van der Waals surface area contributed by atoms with Gasteiger partial charge >= 0.3 is 24.2 Å². The highest BCUT2D eigenvalue weighted by Crippen LogP contribution is 2.24. The topological polar surface area (TPSA) is 165 Å². The van der Waals surface area contributed by atoms with Crippen LogP contribution >= 0.6 is 0 Å². The van der Waals surface area contributed by atoms with Crippen LogP contribution in [0, 0.1) is 0 Å². The molecule has 0 aliphatic carbocycles. The summed E-state index contributed by atoms with van der Waals surface area (Å²) < 4.78 is 17.5. The number of carbonyl (C=O) groups is 5. The van der Waals surface area contributed by atoms with Gasteiger partial charge in [-0.25, -0.2) is 24.1 Å². The molecule has 16 nitrogen and oxygen atoms in total. The number of nitrogens with zero attached hydrogens (tertiary/aromatic N) is 5. The molecule has 3 aliphatic heterocycles. The molecule has 0 spiro atoms. The summed E-state index contributed by atoms with van der Waals surface area (Å²) in [5.74, 6) is 0. The first kappa shape index (κ1) is 51.1. The first-order chi connectivity index (χ1) is 28.3. The van der Waals surface area contributed by atoms with Crippen LogP contribution in [0.15, 0.2) is 0 Å². The minimum absolute atomic E-state index is 0.173. The summed E-state index contributed by atoms with van der Waals surface area (Å²) >= 11 is 0. The molecule has 60 heavy (non-hydrogen) atoms. The van der Waals surface area contributed by atoms with E-state index in [-0.39, 0.29) is 12.1 Å². The highest BCUT2D eigenvalue weighted by atomic mass is 16.6. The molecule has 0 saturated carbocycles. The Morgan fingerprint density at radius 2 is 0.967 bits per heavy atom. The fourth-order valence-electron chi connectivity index (χ4n) is 7.59. The van der Waals surface area contributed by atoms with Gasteiger partial charge in [-0.3, -0.25) is 24.8 Å². The summed E-state index contributed by atoms with van der Waals surface area (Å²) in [4.78, 5) is 72.8. The highest BCUT2D eigenvalue weighted by Gasteiger charge is 2.38. The number of hydrogen-bond acceptors (Lipinski definition) is 11. The van der Waals surface area contributed by atoms with E-state index in [0.29, 0.717) is 76.8 Å². The quantitative estimate of drug-likeness (QED) is 0.0415. The molecule has 6 atom stereocenters. The molecule has 0 aromatic rings. The second-order valence-electron chi connectivity index (χ2n) is 19.3. The van der Waals surface area contributed by atoms with E-state index in [1.165, 1.54) is 0 Å². The number of hydrogen-bond donors (Lipinski definition) is 3. The molecule has 3 rings (SSSR count). The molecule has 3 heterocycles. The highest BCUT2D eigenvalue weighted by molar-refractivity contribution is 5.97. The number of alkyl carbamates (subject to hydrolysis) is 2. The average molecular weight is 851 g/mol. The maximum Gasteiger partial charge on any atom is 0.407 e. The van der Waals surface area contributed by atoms with Crippen LogP contribution in [0.4, 0.5) is 19.2 Å². The van der Waals surface area contributed by atoms with Crippen LogP contribution < -0.4 is 16.0 Å². The van der Waals surface area contributed by atoms with Crippen molar-refractivity contribution in [3.8, 4) is 0 Å². The molecule has 7 amide bonds. The zero-order valence-electron chi connectivity index (χ0n) is 38.8. The third-order valence-electron chi connectivity index (χ3n) is 11.4. The third kappa shape index (κ3) is 21.5. The van der Waals surface area contributed by atoms with Crippen molar-refractivity contribution in [3.63, 3.8) is 0 Å². The van der Waals surface area contributed by atoms with E-state index in [2.05, 4.69) is 65.3 Å². The van der Waals surface area contributed by atoms with Crippen LogP contribution in [0.1, 0.15) is 139 Å². The molecular weight excluding hydrogens is 769 g/mol. The van der Waals surface area contributed by atoms with Gasteiger partial charge in [-0.1, -0.05) is 38.5 Å². The molecule has 6 unspecified atom stereocenters. The van der Waals surface area contributed by atoms with Gasteiger partial charge in [0.05, 0.1) is 5.60 Å². The number of ether oxygens (including phenoxy) is 3. The molecule has 3 saturated heterocycles. The van der Waals surface area contributed by atoms with Crippen molar-refractivity contribution in [2.45, 2.75) is 174 Å². The minimum atomic E-state index is -0.731. The monoisotopic (exact) mass is 851 g/mol. The van der Waals surface area contributed by atoms with E-state index in [0.717, 1.165) is 102 Å². The summed E-state index contributed by atoms with van der Waals surface area (Å²) in [6, 6.07) is 0.588. The fourth-order valence-corrected chi connectivity index (χ4v) is 7.59. The van der Waals surface area contributed by atoms with Gasteiger partial charge < -0.3 is 29.7 Å². The summed E-state index contributed by atoms with van der Waals surface area (Å²) in [6.45, 7) is 26.9. The number of nitrogens with one attached hydrogen (secondary N) is 3. The van der Waals surface area contributed by atoms with Crippen molar-refractivity contribution in [2.75, 3.05) is 78.6 Å². The lowest BCUT2D eigenvalue weighted by Crippen LogP contribution is -2.50. The molecular formula is C44H82N8O8. The van der Waals surface area contributed by atoms with Gasteiger partial charge in [0.2, 0.25) is 6.41 Å². The van der Waals surface area contributed by atoms with Gasteiger partial charge in [-0.05, 0) is 101 Å². The van der Waals surface area contributed by atoms with Gasteiger partial charge in [0.25, 0.3) is 0 Å². The molecule has 3 fully saturated rings. The smallest absolute Gasteiger partial charge is 0.407 e. The maximum absolute atomic E-state index is 14.0. The van der Waals surface area contributed by atoms with E-state index in [4.69, 9.17) is 14.2 Å². The zero-order valence-corrected chi connectivity index (χ0v) is 38.8. The molecule has 0 bridgehead atoms. The molecule has 346 valence electrons. The Hall–Kier alpha value is -3.21. The van der Waals surface area contributed by atoms with Crippen molar-refractivity contribution in [3.05, 3.63) is 0 Å². The SMILES string of the molecule is CC1CN1CC(C)(C)OCCCCCCN(CCCCCCNC(=O)OC(C)(C)CN1CC1C)C(=O)N(CCCCCCNC(=O)OC(C)(C)CN1CC1C)C(=O)NC=O. The Labute approximate surface area is 361 Å². The minimum Gasteiger partial charge on any atom is -0.442 e. The second kappa shape index (κ2) is 25.0. The van der Waals surface area contributed by atoms with Crippen LogP contribution in [0.3, 0.4) is 0 Å². The molecule has 0 radical (unpaired) electrons. The van der Waals surface area contributed by atoms with Crippen molar-refractivity contribution in [1.82, 2.24) is 40.4 Å². The van der Waals surface area contributed by atoms with Gasteiger partial charge in [0.1, 0.15) is 11.2 Å². The Balaban J connectivity index is 1.41. The lowest BCUT2D eigenvalue weighted by Gasteiger charge is -2.29. The van der Waals surface area contributed by atoms with Gasteiger partial charge in [0.15, 0.2) is 0 Å². The first-order valence-electron chi connectivity index (χ1n) is 22.9. The van der Waals surface area contributed by atoms with Crippen LogP contribution in [0.25, 0.3) is 0 Å². The molecule has 0 aromatic carbocycles. The maximum atomic E-state index is 14.0. The van der Waals surface area contributed by atoms with Crippen LogP contribution in [-0.2, 0) is 19.0 Å². The first-order valence-corrected chi connectivity index (χ1v) is 22.9. The summed E-state index contributed by atoms with van der Waals surface area (Å²) in [5, 5.41) is 7.87.